The maximum atomic E-state index is 13.2. The number of fused-ring (bicyclic) bond motifs is 1. The monoisotopic (exact) mass is 488 g/mol. The standard InChI is InChI=1S/C26H24N4O4S/c1-17(18-9-8-10-19(15-18)30-35(3,32)33)28-29-26(31)22-16-24(21-12-5-7-14-25(21)34-2)27-23-13-6-4-11-20(22)23/h4-16,30H,1-3H3,(H,29,31)/b28-17-. The predicted octanol–water partition coefficient (Wildman–Crippen LogP) is 4.44. The minimum absolute atomic E-state index is 0.399. The van der Waals surface area contributed by atoms with Gasteiger partial charge in [-0.2, -0.15) is 5.10 Å². The second-order valence-corrected chi connectivity index (χ2v) is 9.61. The molecule has 2 N–H and O–H groups in total. The van der Waals surface area contributed by atoms with Crippen LogP contribution in [0.15, 0.2) is 84.0 Å². The molecule has 178 valence electrons. The van der Waals surface area contributed by atoms with Crippen molar-refractivity contribution in [1.29, 1.82) is 0 Å². The minimum atomic E-state index is -3.41. The molecule has 8 nitrogen and oxygen atoms in total. The zero-order valence-corrected chi connectivity index (χ0v) is 20.3. The van der Waals surface area contributed by atoms with E-state index in [-0.39, 0.29) is 0 Å². The lowest BCUT2D eigenvalue weighted by atomic mass is 10.0. The smallest absolute Gasteiger partial charge is 0.272 e. The van der Waals surface area contributed by atoms with Crippen molar-refractivity contribution < 1.29 is 17.9 Å². The van der Waals surface area contributed by atoms with E-state index < -0.39 is 15.9 Å². The summed E-state index contributed by atoms with van der Waals surface area (Å²) in [5, 5.41) is 4.94. The Labute approximate surface area is 203 Å². The Bertz CT molecular complexity index is 1550. The van der Waals surface area contributed by atoms with Gasteiger partial charge in [-0.05, 0) is 48.9 Å². The number of para-hydroxylation sites is 2. The van der Waals surface area contributed by atoms with Gasteiger partial charge in [-0.25, -0.2) is 18.8 Å². The molecule has 0 radical (unpaired) electrons. The van der Waals surface area contributed by atoms with Gasteiger partial charge in [0, 0.05) is 16.6 Å². The van der Waals surface area contributed by atoms with Crippen molar-refractivity contribution >= 4 is 38.2 Å². The second-order valence-electron chi connectivity index (χ2n) is 7.87. The van der Waals surface area contributed by atoms with E-state index in [9.17, 15) is 13.2 Å². The average Bonchev–Trinajstić information content (AvgIpc) is 2.85. The fourth-order valence-electron chi connectivity index (χ4n) is 3.64. The van der Waals surface area contributed by atoms with Gasteiger partial charge in [0.2, 0.25) is 10.0 Å². The Morgan fingerprint density at radius 1 is 0.971 bits per heavy atom. The van der Waals surface area contributed by atoms with E-state index in [0.717, 1.165) is 11.8 Å². The molecule has 0 unspecified atom stereocenters. The van der Waals surface area contributed by atoms with E-state index in [4.69, 9.17) is 9.72 Å². The van der Waals surface area contributed by atoms with Crippen molar-refractivity contribution in [1.82, 2.24) is 10.4 Å². The normalized spacial score (nSPS) is 11.8. The number of hydrogen-bond acceptors (Lipinski definition) is 6. The number of carbonyl (C=O) groups is 1. The molecule has 0 saturated heterocycles. The maximum Gasteiger partial charge on any atom is 0.272 e. The minimum Gasteiger partial charge on any atom is -0.496 e. The Morgan fingerprint density at radius 2 is 1.71 bits per heavy atom. The van der Waals surface area contributed by atoms with Crippen molar-refractivity contribution in [2.45, 2.75) is 6.92 Å². The van der Waals surface area contributed by atoms with Gasteiger partial charge in [0.1, 0.15) is 5.75 Å². The van der Waals surface area contributed by atoms with E-state index in [2.05, 4.69) is 15.2 Å². The third-order valence-corrected chi connectivity index (χ3v) is 5.86. The SMILES string of the molecule is COc1ccccc1-c1cc(C(=O)N/N=C(/C)c2cccc(NS(C)(=O)=O)c2)c2ccccc2n1. The second kappa shape index (κ2) is 9.94. The molecule has 0 saturated carbocycles. The molecule has 35 heavy (non-hydrogen) atoms. The molecule has 9 heteroatoms. The summed E-state index contributed by atoms with van der Waals surface area (Å²) in [7, 11) is -1.82. The fraction of sp³-hybridized carbons (Fsp3) is 0.115. The highest BCUT2D eigenvalue weighted by Gasteiger charge is 2.16. The van der Waals surface area contributed by atoms with E-state index >= 15 is 0 Å². The molecule has 0 aliphatic heterocycles. The molecule has 0 atom stereocenters. The molecule has 1 aromatic heterocycles. The summed E-state index contributed by atoms with van der Waals surface area (Å²) in [5.74, 6) is 0.252. The number of nitrogens with one attached hydrogen (secondary N) is 2. The Kier molecular flexibility index (Phi) is 6.79. The van der Waals surface area contributed by atoms with Crippen molar-refractivity contribution in [3.63, 3.8) is 0 Å². The number of carbonyl (C=O) groups excluding carboxylic acids is 1. The summed E-state index contributed by atoms with van der Waals surface area (Å²) in [4.78, 5) is 17.9. The number of hydrazone groups is 1. The van der Waals surface area contributed by atoms with Gasteiger partial charge >= 0.3 is 0 Å². The number of ether oxygens (including phenoxy) is 1. The van der Waals surface area contributed by atoms with Crippen molar-refractivity contribution in [2.75, 3.05) is 18.1 Å². The van der Waals surface area contributed by atoms with E-state index in [1.54, 1.807) is 44.4 Å². The molecule has 1 heterocycles. The topological polar surface area (TPSA) is 110 Å². The van der Waals surface area contributed by atoms with Crippen LogP contribution in [0.3, 0.4) is 0 Å². The molecule has 4 rings (SSSR count). The van der Waals surface area contributed by atoms with Gasteiger partial charge in [0.15, 0.2) is 0 Å². The Morgan fingerprint density at radius 3 is 2.49 bits per heavy atom. The predicted molar refractivity (Wildman–Crippen MR) is 138 cm³/mol. The molecule has 3 aromatic carbocycles. The van der Waals surface area contributed by atoms with E-state index in [0.29, 0.717) is 44.9 Å². The van der Waals surface area contributed by atoms with Crippen LogP contribution in [-0.4, -0.2) is 38.4 Å². The molecule has 1 amide bonds. The van der Waals surface area contributed by atoms with E-state index in [1.165, 1.54) is 0 Å². The highest BCUT2D eigenvalue weighted by molar-refractivity contribution is 7.92. The molecule has 0 spiro atoms. The lowest BCUT2D eigenvalue weighted by Crippen LogP contribution is -2.20. The maximum absolute atomic E-state index is 13.2. The number of aromatic nitrogens is 1. The lowest BCUT2D eigenvalue weighted by molar-refractivity contribution is 0.0956. The number of pyridine rings is 1. The summed E-state index contributed by atoms with van der Waals surface area (Å²) in [6.45, 7) is 1.73. The van der Waals surface area contributed by atoms with Crippen LogP contribution in [0.25, 0.3) is 22.2 Å². The number of nitrogens with zero attached hydrogens (tertiary/aromatic N) is 2. The first-order valence-electron chi connectivity index (χ1n) is 10.7. The van der Waals surface area contributed by atoms with Crippen LogP contribution in [0.1, 0.15) is 22.8 Å². The van der Waals surface area contributed by atoms with Crippen LogP contribution in [0.4, 0.5) is 5.69 Å². The molecular weight excluding hydrogens is 464 g/mol. The van der Waals surface area contributed by atoms with Crippen molar-refractivity contribution in [2.24, 2.45) is 5.10 Å². The van der Waals surface area contributed by atoms with Gasteiger partial charge in [-0.1, -0.05) is 42.5 Å². The van der Waals surface area contributed by atoms with Crippen LogP contribution in [-0.2, 0) is 10.0 Å². The number of sulfonamides is 1. The zero-order valence-electron chi connectivity index (χ0n) is 19.4. The number of hydrogen-bond donors (Lipinski definition) is 2. The summed E-state index contributed by atoms with van der Waals surface area (Å²) in [6, 6.07) is 23.4. The van der Waals surface area contributed by atoms with Crippen LogP contribution in [0, 0.1) is 0 Å². The number of amides is 1. The largest absolute Gasteiger partial charge is 0.496 e. The summed E-state index contributed by atoms with van der Waals surface area (Å²) < 4.78 is 30.9. The number of benzene rings is 3. The summed E-state index contributed by atoms with van der Waals surface area (Å²) in [6.07, 6.45) is 1.08. The molecule has 0 fully saturated rings. The fourth-order valence-corrected chi connectivity index (χ4v) is 4.19. The summed E-state index contributed by atoms with van der Waals surface area (Å²) in [5.41, 5.74) is 6.66. The highest BCUT2D eigenvalue weighted by atomic mass is 32.2. The van der Waals surface area contributed by atoms with Crippen LogP contribution < -0.4 is 14.9 Å². The third kappa shape index (κ3) is 5.64. The first kappa shape index (κ1) is 23.9. The zero-order chi connectivity index (χ0) is 25.0. The molecular formula is C26H24N4O4S. The average molecular weight is 489 g/mol. The first-order valence-corrected chi connectivity index (χ1v) is 12.6. The quantitative estimate of drug-likeness (QED) is 0.295. The first-order chi connectivity index (χ1) is 16.7. The van der Waals surface area contributed by atoms with Gasteiger partial charge in [-0.15, -0.1) is 0 Å². The number of rotatable bonds is 7. The highest BCUT2D eigenvalue weighted by Crippen LogP contribution is 2.31. The van der Waals surface area contributed by atoms with Gasteiger partial charge < -0.3 is 4.74 Å². The van der Waals surface area contributed by atoms with Crippen LogP contribution in [0.2, 0.25) is 0 Å². The Hall–Kier alpha value is -4.24. The molecule has 4 aromatic rings. The van der Waals surface area contributed by atoms with E-state index in [1.807, 2.05) is 48.5 Å². The molecule has 0 bridgehead atoms. The Balaban J connectivity index is 1.67. The van der Waals surface area contributed by atoms with Crippen LogP contribution in [0.5, 0.6) is 5.75 Å². The van der Waals surface area contributed by atoms with Gasteiger partial charge in [0.25, 0.3) is 5.91 Å². The molecule has 0 aliphatic carbocycles. The van der Waals surface area contributed by atoms with Crippen LogP contribution >= 0.6 is 0 Å². The molecule has 0 aliphatic rings. The third-order valence-electron chi connectivity index (χ3n) is 5.25. The number of anilines is 1. The van der Waals surface area contributed by atoms with Crippen molar-refractivity contribution in [3.05, 3.63) is 90.0 Å². The van der Waals surface area contributed by atoms with Gasteiger partial charge in [0.05, 0.1) is 35.9 Å². The van der Waals surface area contributed by atoms with Gasteiger partial charge in [-0.3, -0.25) is 9.52 Å². The van der Waals surface area contributed by atoms with Crippen molar-refractivity contribution in [3.8, 4) is 17.0 Å². The summed E-state index contributed by atoms with van der Waals surface area (Å²) >= 11 is 0. The number of methoxy groups -OCH3 is 1. The lowest BCUT2D eigenvalue weighted by Gasteiger charge is -2.12.